The highest BCUT2D eigenvalue weighted by Gasteiger charge is 2.36. The second kappa shape index (κ2) is 8.73. The average Bonchev–Trinajstić information content (AvgIpc) is 2.94. The van der Waals surface area contributed by atoms with Crippen LogP contribution in [0.25, 0.3) is 0 Å². The van der Waals surface area contributed by atoms with E-state index in [9.17, 15) is 19.2 Å². The Morgan fingerprint density at radius 1 is 1.00 bits per heavy atom. The van der Waals surface area contributed by atoms with E-state index in [0.717, 1.165) is 0 Å². The van der Waals surface area contributed by atoms with Crippen molar-refractivity contribution in [3.05, 3.63) is 34.9 Å². The van der Waals surface area contributed by atoms with Gasteiger partial charge >= 0.3 is 0 Å². The number of ether oxygens (including phenoxy) is 1. The number of hydrogen-bond acceptors (Lipinski definition) is 5. The molecular formula is C21H27N3O5. The molecule has 156 valence electrons. The summed E-state index contributed by atoms with van der Waals surface area (Å²) in [6.07, 6.45) is 0.665. The van der Waals surface area contributed by atoms with Gasteiger partial charge in [-0.15, -0.1) is 0 Å². The molecule has 0 saturated carbocycles. The first-order chi connectivity index (χ1) is 13.8. The molecule has 29 heavy (non-hydrogen) atoms. The molecule has 1 saturated heterocycles. The lowest BCUT2D eigenvalue weighted by Gasteiger charge is -2.34. The first kappa shape index (κ1) is 21.0. The molecule has 0 radical (unpaired) electrons. The molecule has 0 spiro atoms. The summed E-state index contributed by atoms with van der Waals surface area (Å²) >= 11 is 0. The summed E-state index contributed by atoms with van der Waals surface area (Å²) in [5.41, 5.74) is 0.983. The van der Waals surface area contributed by atoms with E-state index in [1.54, 1.807) is 21.9 Å². The third-order valence-corrected chi connectivity index (χ3v) is 5.21. The van der Waals surface area contributed by atoms with Crippen LogP contribution in [0.4, 0.5) is 0 Å². The van der Waals surface area contributed by atoms with Crippen molar-refractivity contribution in [3.63, 3.8) is 0 Å². The van der Waals surface area contributed by atoms with Crippen LogP contribution in [-0.2, 0) is 9.53 Å². The second-order valence-electron chi connectivity index (χ2n) is 7.59. The molecule has 2 aliphatic rings. The van der Waals surface area contributed by atoms with Crippen molar-refractivity contribution in [3.8, 4) is 0 Å². The van der Waals surface area contributed by atoms with E-state index < -0.39 is 0 Å². The van der Waals surface area contributed by atoms with E-state index in [2.05, 4.69) is 0 Å². The van der Waals surface area contributed by atoms with Crippen LogP contribution in [0.5, 0.6) is 0 Å². The zero-order valence-corrected chi connectivity index (χ0v) is 17.1. The van der Waals surface area contributed by atoms with Gasteiger partial charge in [-0.1, -0.05) is 0 Å². The number of piperazine rings is 1. The first-order valence-electron chi connectivity index (χ1n) is 9.96. The minimum atomic E-state index is -0.370. The zero-order chi connectivity index (χ0) is 21.1. The Morgan fingerprint density at radius 2 is 1.62 bits per heavy atom. The Kier molecular flexibility index (Phi) is 6.32. The fraction of sp³-hybridized carbons (Fsp3) is 0.524. The molecule has 0 aromatic heterocycles. The van der Waals surface area contributed by atoms with Gasteiger partial charge in [0, 0.05) is 51.8 Å². The molecule has 0 aliphatic carbocycles. The third kappa shape index (κ3) is 4.48. The fourth-order valence-electron chi connectivity index (χ4n) is 3.58. The largest absolute Gasteiger partial charge is 0.379 e. The predicted octanol–water partition coefficient (Wildman–Crippen LogP) is 1.40. The Morgan fingerprint density at radius 3 is 2.24 bits per heavy atom. The van der Waals surface area contributed by atoms with Gasteiger partial charge in [-0.3, -0.25) is 24.1 Å². The number of amides is 4. The summed E-state index contributed by atoms with van der Waals surface area (Å²) in [4.78, 5) is 54.1. The molecule has 1 aromatic rings. The topological polar surface area (TPSA) is 87.2 Å². The molecule has 2 heterocycles. The number of rotatable bonds is 6. The smallest absolute Gasteiger partial charge is 0.261 e. The maximum atomic E-state index is 12.8. The van der Waals surface area contributed by atoms with Crippen molar-refractivity contribution >= 4 is 23.6 Å². The summed E-state index contributed by atoms with van der Waals surface area (Å²) < 4.78 is 5.47. The van der Waals surface area contributed by atoms with Gasteiger partial charge in [-0.05, 0) is 38.5 Å². The maximum Gasteiger partial charge on any atom is 0.261 e. The van der Waals surface area contributed by atoms with Gasteiger partial charge in [-0.2, -0.15) is 0 Å². The van der Waals surface area contributed by atoms with E-state index in [4.69, 9.17) is 4.74 Å². The van der Waals surface area contributed by atoms with Gasteiger partial charge in [0.05, 0.1) is 17.2 Å². The van der Waals surface area contributed by atoms with Crippen molar-refractivity contribution in [2.24, 2.45) is 0 Å². The van der Waals surface area contributed by atoms with Crippen LogP contribution in [-0.4, -0.2) is 83.8 Å². The van der Waals surface area contributed by atoms with Gasteiger partial charge in [0.2, 0.25) is 5.91 Å². The van der Waals surface area contributed by atoms with E-state index in [0.29, 0.717) is 50.3 Å². The standard InChI is InChI=1S/C21H27N3O5/c1-14(2)29-12-4-7-24-20(27)17-6-5-16(13-18(17)21(24)28)19(26)23-10-8-22(9-11-23)15(3)25/h5-6,13-14H,4,7-12H2,1-3H3. The van der Waals surface area contributed by atoms with Crippen LogP contribution in [0.15, 0.2) is 18.2 Å². The Balaban J connectivity index is 1.66. The van der Waals surface area contributed by atoms with Crippen LogP contribution >= 0.6 is 0 Å². The highest BCUT2D eigenvalue weighted by molar-refractivity contribution is 6.22. The monoisotopic (exact) mass is 401 g/mol. The Bertz CT molecular complexity index is 828. The maximum absolute atomic E-state index is 12.8. The second-order valence-corrected chi connectivity index (χ2v) is 7.59. The van der Waals surface area contributed by atoms with Crippen LogP contribution in [0.2, 0.25) is 0 Å². The number of benzene rings is 1. The zero-order valence-electron chi connectivity index (χ0n) is 17.1. The van der Waals surface area contributed by atoms with Crippen LogP contribution in [0.1, 0.15) is 58.3 Å². The van der Waals surface area contributed by atoms with Crippen molar-refractivity contribution in [1.82, 2.24) is 14.7 Å². The number of fused-ring (bicyclic) bond motifs is 1. The Labute approximate surface area is 170 Å². The molecular weight excluding hydrogens is 374 g/mol. The van der Waals surface area contributed by atoms with Gasteiger partial charge < -0.3 is 14.5 Å². The minimum Gasteiger partial charge on any atom is -0.379 e. The molecule has 8 heteroatoms. The third-order valence-electron chi connectivity index (χ3n) is 5.21. The molecule has 1 aromatic carbocycles. The summed E-state index contributed by atoms with van der Waals surface area (Å²) in [6.45, 7) is 8.03. The molecule has 0 atom stereocenters. The SMILES string of the molecule is CC(=O)N1CCN(C(=O)c2ccc3c(c2)C(=O)N(CCCOC(C)C)C3=O)CC1. The summed E-state index contributed by atoms with van der Waals surface area (Å²) in [7, 11) is 0. The van der Waals surface area contributed by atoms with Crippen LogP contribution < -0.4 is 0 Å². The molecule has 8 nitrogen and oxygen atoms in total. The average molecular weight is 401 g/mol. The molecule has 4 amide bonds. The van der Waals surface area contributed by atoms with Crippen molar-refractivity contribution in [1.29, 1.82) is 0 Å². The quantitative estimate of drug-likeness (QED) is 0.531. The summed E-state index contributed by atoms with van der Waals surface area (Å²) in [5, 5.41) is 0. The molecule has 0 unspecified atom stereocenters. The van der Waals surface area contributed by atoms with Gasteiger partial charge in [0.1, 0.15) is 0 Å². The highest BCUT2D eigenvalue weighted by atomic mass is 16.5. The van der Waals surface area contributed by atoms with Crippen molar-refractivity contribution in [2.75, 3.05) is 39.3 Å². The summed E-state index contributed by atoms with van der Waals surface area (Å²) in [5.74, 6) is -0.896. The predicted molar refractivity (Wildman–Crippen MR) is 106 cm³/mol. The lowest BCUT2D eigenvalue weighted by Crippen LogP contribution is -2.50. The van der Waals surface area contributed by atoms with Crippen LogP contribution in [0, 0.1) is 0 Å². The van der Waals surface area contributed by atoms with Crippen LogP contribution in [0.3, 0.4) is 0 Å². The molecule has 0 N–H and O–H groups in total. The summed E-state index contributed by atoms with van der Waals surface area (Å²) in [6, 6.07) is 4.66. The van der Waals surface area contributed by atoms with E-state index in [1.807, 2.05) is 13.8 Å². The Hall–Kier alpha value is -2.74. The number of carbonyl (C=O) groups is 4. The molecule has 0 bridgehead atoms. The number of carbonyl (C=O) groups excluding carboxylic acids is 4. The van der Waals surface area contributed by atoms with Gasteiger partial charge in [-0.25, -0.2) is 0 Å². The number of nitrogens with zero attached hydrogens (tertiary/aromatic N) is 3. The van der Waals surface area contributed by atoms with Crippen molar-refractivity contribution < 1.29 is 23.9 Å². The normalized spacial score (nSPS) is 16.6. The fourth-order valence-corrected chi connectivity index (χ4v) is 3.58. The minimum absolute atomic E-state index is 0.00220. The number of hydrogen-bond donors (Lipinski definition) is 0. The van der Waals surface area contributed by atoms with E-state index >= 15 is 0 Å². The molecule has 1 fully saturated rings. The first-order valence-corrected chi connectivity index (χ1v) is 9.96. The lowest BCUT2D eigenvalue weighted by atomic mass is 10.0. The highest BCUT2D eigenvalue weighted by Crippen LogP contribution is 2.25. The van der Waals surface area contributed by atoms with Gasteiger partial charge in [0.25, 0.3) is 17.7 Å². The van der Waals surface area contributed by atoms with E-state index in [-0.39, 0.29) is 41.8 Å². The van der Waals surface area contributed by atoms with E-state index in [1.165, 1.54) is 17.9 Å². The number of imide groups is 1. The van der Waals surface area contributed by atoms with Gasteiger partial charge in [0.15, 0.2) is 0 Å². The molecule has 3 rings (SSSR count). The molecule has 2 aliphatic heterocycles. The van der Waals surface area contributed by atoms with Crippen molar-refractivity contribution in [2.45, 2.75) is 33.3 Å². The lowest BCUT2D eigenvalue weighted by molar-refractivity contribution is -0.130.